The Labute approximate surface area is 345 Å². The van der Waals surface area contributed by atoms with Crippen molar-refractivity contribution in [2.45, 2.75) is 105 Å². The molecule has 0 aliphatic carbocycles. The fourth-order valence-corrected chi connectivity index (χ4v) is 16.5. The van der Waals surface area contributed by atoms with Crippen LogP contribution in [0.15, 0.2) is 121 Å². The molecule has 0 N–H and O–H groups in total. The van der Waals surface area contributed by atoms with Gasteiger partial charge in [0.25, 0.3) is 0 Å². The van der Waals surface area contributed by atoms with Crippen molar-refractivity contribution in [1.29, 1.82) is 0 Å². The van der Waals surface area contributed by atoms with Crippen molar-refractivity contribution in [2.75, 3.05) is 0 Å². The van der Waals surface area contributed by atoms with Crippen LogP contribution in [0.4, 0.5) is 22.7 Å². The Bertz CT molecular complexity index is 1410. The first-order chi connectivity index (χ1) is 24.4. The molecule has 0 atom stereocenters. The minimum absolute atomic E-state index is 0. The maximum atomic E-state index is 5.12. The molecule has 2 aliphatic heterocycles. The maximum absolute atomic E-state index is 5.12. The summed E-state index contributed by atoms with van der Waals surface area (Å²) in [5.74, 6) is 0. The Kier molecular flexibility index (Phi) is 15.2. The minimum atomic E-state index is -0.786. The van der Waals surface area contributed by atoms with Crippen molar-refractivity contribution < 1.29 is 26.2 Å². The molecule has 0 aromatic heterocycles. The van der Waals surface area contributed by atoms with E-state index in [-0.39, 0.29) is 48.4 Å². The predicted molar refractivity (Wildman–Crippen MR) is 232 cm³/mol. The van der Waals surface area contributed by atoms with E-state index in [0.29, 0.717) is 0 Å². The standard InChI is InChI=1S/2C20H28N4P2.Zr/c2*1-19(2,3)23-25(21-17-13-9-7-10-14-17)24(20(4,5)6)26(23)22-18-15-11-8-12-16-18;/h2*7-16H,1-6H3;/q2*-2;+4. The molecule has 13 heteroatoms. The van der Waals surface area contributed by atoms with Gasteiger partial charge < -0.3 is 20.3 Å². The monoisotopic (exact) mass is 862 g/mol. The molecule has 6 rings (SSSR count). The second kappa shape index (κ2) is 18.2. The average Bonchev–Trinajstić information content (AvgIpc) is 3.03. The van der Waals surface area contributed by atoms with E-state index in [1.54, 1.807) is 0 Å². The molecular formula is C40H56N8P4Zr. The van der Waals surface area contributed by atoms with Gasteiger partial charge in [-0.2, -0.15) is 0 Å². The molecule has 0 amide bonds. The Morgan fingerprint density at radius 1 is 0.302 bits per heavy atom. The van der Waals surface area contributed by atoms with Crippen LogP contribution in [0.1, 0.15) is 83.1 Å². The topological polar surface area (TPSA) is 69.4 Å². The molecule has 0 spiro atoms. The average molecular weight is 864 g/mol. The molecule has 0 radical (unpaired) electrons. The van der Waals surface area contributed by atoms with Gasteiger partial charge in [-0.3, -0.25) is 17.8 Å². The van der Waals surface area contributed by atoms with Crippen LogP contribution in [0.3, 0.4) is 0 Å². The van der Waals surface area contributed by atoms with Gasteiger partial charge in [0, 0.05) is 22.2 Å². The number of hydrogen-bond acceptors (Lipinski definition) is 4. The fourth-order valence-electron chi connectivity index (χ4n) is 5.42. The van der Waals surface area contributed by atoms with Crippen LogP contribution in [-0.4, -0.2) is 39.9 Å². The van der Waals surface area contributed by atoms with Crippen LogP contribution < -0.4 is 0 Å². The van der Waals surface area contributed by atoms with E-state index in [9.17, 15) is 0 Å². The SMILES string of the molecule is CC(C)(C)N1P([N-]c2ccccc2)N(C(C)(C)C)P1[N-]c1ccccc1.CC(C)(C)N1P([N-]c2ccccc2)N(C(C)(C)C)P1[N-]c1ccccc1.[Zr+4]. The van der Waals surface area contributed by atoms with Gasteiger partial charge in [0.1, 0.15) is 0 Å². The summed E-state index contributed by atoms with van der Waals surface area (Å²) in [4.78, 5) is 0. The molecule has 280 valence electrons. The zero-order valence-electron chi connectivity index (χ0n) is 33.4. The van der Waals surface area contributed by atoms with Crippen LogP contribution in [-0.2, 0) is 26.2 Å². The zero-order valence-corrected chi connectivity index (χ0v) is 39.4. The fraction of sp³-hybridized carbons (Fsp3) is 0.400. The van der Waals surface area contributed by atoms with Gasteiger partial charge in [0.2, 0.25) is 0 Å². The quantitative estimate of drug-likeness (QED) is 0.165. The molecular weight excluding hydrogens is 808 g/mol. The van der Waals surface area contributed by atoms with Gasteiger partial charge in [0.05, 0.1) is 0 Å². The molecule has 0 saturated carbocycles. The second-order valence-electron chi connectivity index (χ2n) is 16.7. The molecule has 4 aromatic rings. The van der Waals surface area contributed by atoms with Gasteiger partial charge in [-0.25, -0.2) is 0 Å². The van der Waals surface area contributed by atoms with Crippen molar-refractivity contribution in [3.63, 3.8) is 0 Å². The maximum Gasteiger partial charge on any atom is 4.00 e. The van der Waals surface area contributed by atoms with Crippen molar-refractivity contribution in [2.24, 2.45) is 0 Å². The molecule has 2 aliphatic rings. The number of hydrogen-bond donors (Lipinski definition) is 0. The number of nitrogens with zero attached hydrogens (tertiary/aromatic N) is 8. The Balaban J connectivity index is 0.000000232. The summed E-state index contributed by atoms with van der Waals surface area (Å²) in [6.45, 7) is 27.2. The summed E-state index contributed by atoms with van der Waals surface area (Å²) in [5, 5.41) is 20.5. The first-order valence-corrected chi connectivity index (χ1v) is 22.6. The molecule has 0 bridgehead atoms. The molecule has 53 heavy (non-hydrogen) atoms. The van der Waals surface area contributed by atoms with E-state index in [2.05, 4.69) is 149 Å². The third-order valence-electron chi connectivity index (χ3n) is 7.60. The smallest absolute Gasteiger partial charge is 0.635 e. The van der Waals surface area contributed by atoms with Crippen LogP contribution in [0.25, 0.3) is 20.3 Å². The van der Waals surface area contributed by atoms with E-state index in [4.69, 9.17) is 20.3 Å². The zero-order chi connectivity index (χ0) is 37.9. The normalized spacial score (nSPS) is 21.5. The number of benzene rings is 4. The van der Waals surface area contributed by atoms with E-state index >= 15 is 0 Å². The van der Waals surface area contributed by atoms with Gasteiger partial charge in [-0.05, 0) is 117 Å². The van der Waals surface area contributed by atoms with Crippen molar-refractivity contribution in [3.05, 3.63) is 142 Å². The first-order valence-electron chi connectivity index (χ1n) is 17.8. The van der Waals surface area contributed by atoms with Gasteiger partial charge in [-0.1, -0.05) is 121 Å². The molecule has 8 nitrogen and oxygen atoms in total. The van der Waals surface area contributed by atoms with Gasteiger partial charge >= 0.3 is 26.2 Å². The molecule has 0 unspecified atom stereocenters. The molecule has 2 saturated heterocycles. The van der Waals surface area contributed by atoms with Crippen LogP contribution in [0.2, 0.25) is 0 Å². The Morgan fingerprint density at radius 2 is 0.453 bits per heavy atom. The Morgan fingerprint density at radius 3 is 0.585 bits per heavy atom. The van der Waals surface area contributed by atoms with Crippen LogP contribution in [0.5, 0.6) is 0 Å². The van der Waals surface area contributed by atoms with Crippen molar-refractivity contribution in [3.8, 4) is 0 Å². The molecule has 4 aromatic carbocycles. The van der Waals surface area contributed by atoms with E-state index in [1.165, 1.54) is 0 Å². The summed E-state index contributed by atoms with van der Waals surface area (Å²) in [7, 11) is -3.14. The van der Waals surface area contributed by atoms with Crippen LogP contribution in [0, 0.1) is 0 Å². The second-order valence-corrected chi connectivity index (χ2v) is 24.1. The molecule has 2 fully saturated rings. The van der Waals surface area contributed by atoms with Gasteiger partial charge in [-0.15, -0.1) is 22.7 Å². The van der Waals surface area contributed by atoms with E-state index in [1.807, 2.05) is 72.8 Å². The van der Waals surface area contributed by atoms with Crippen molar-refractivity contribution in [1.82, 2.24) is 17.8 Å². The van der Waals surface area contributed by atoms with Gasteiger partial charge in [0.15, 0.2) is 0 Å². The summed E-state index contributed by atoms with van der Waals surface area (Å²) in [6.07, 6.45) is 0. The van der Waals surface area contributed by atoms with E-state index < -0.39 is 33.5 Å². The minimum Gasteiger partial charge on any atom is -0.635 e. The first kappa shape index (κ1) is 44.2. The summed E-state index contributed by atoms with van der Waals surface area (Å²) in [5.41, 5.74) is 4.19. The predicted octanol–water partition coefficient (Wildman–Crippen LogP) is 16.1. The summed E-state index contributed by atoms with van der Waals surface area (Å²) in [6, 6.07) is 41.2. The van der Waals surface area contributed by atoms with Crippen LogP contribution >= 0.6 is 33.5 Å². The van der Waals surface area contributed by atoms with Crippen molar-refractivity contribution >= 4 is 56.2 Å². The summed E-state index contributed by atoms with van der Waals surface area (Å²) >= 11 is 0. The summed E-state index contributed by atoms with van der Waals surface area (Å²) < 4.78 is 10.1. The third kappa shape index (κ3) is 11.3. The Hall–Kier alpha value is -1.48. The molecule has 2 heterocycles. The van der Waals surface area contributed by atoms with E-state index in [0.717, 1.165) is 22.7 Å². The number of rotatable bonds is 8. The third-order valence-corrected chi connectivity index (χ3v) is 20.6. The largest absolute Gasteiger partial charge is 4.00 e.